The van der Waals surface area contributed by atoms with Gasteiger partial charge in [0, 0.05) is 5.69 Å². The molecular weight excluding hydrogens is 230 g/mol. The van der Waals surface area contributed by atoms with Gasteiger partial charge in [0.25, 0.3) is 0 Å². The lowest BCUT2D eigenvalue weighted by Crippen LogP contribution is -2.45. The molecule has 0 heterocycles. The molecule has 5 heteroatoms. The first-order valence-corrected chi connectivity index (χ1v) is 5.75. The number of carbonyl (C=O) groups is 1. The molecule has 100 valence electrons. The highest BCUT2D eigenvalue weighted by Gasteiger charge is 2.27. The van der Waals surface area contributed by atoms with Crippen LogP contribution in [0.15, 0.2) is 18.2 Å². The number of nitrogens with one attached hydrogen (secondary N) is 1. The minimum absolute atomic E-state index is 0.230. The SMILES string of the molecule is COc1ccc(NC(=O)[C@@H](N)C(C)(C)C)cc1N. The number of amides is 1. The number of benzene rings is 1. The first kappa shape index (κ1) is 14.3. The van der Waals surface area contributed by atoms with Crippen molar-refractivity contribution >= 4 is 17.3 Å². The summed E-state index contributed by atoms with van der Waals surface area (Å²) in [6.07, 6.45) is 0. The van der Waals surface area contributed by atoms with Crippen molar-refractivity contribution < 1.29 is 9.53 Å². The van der Waals surface area contributed by atoms with Gasteiger partial charge in [0.05, 0.1) is 18.8 Å². The standard InChI is InChI=1S/C13H21N3O2/c1-13(2,3)11(15)12(17)16-8-5-6-10(18-4)9(14)7-8/h5-7,11H,14-15H2,1-4H3,(H,16,17)/t11-/m1/s1. The lowest BCUT2D eigenvalue weighted by atomic mass is 9.87. The van der Waals surface area contributed by atoms with Gasteiger partial charge >= 0.3 is 0 Å². The zero-order valence-corrected chi connectivity index (χ0v) is 11.3. The third-order valence-corrected chi connectivity index (χ3v) is 2.71. The van der Waals surface area contributed by atoms with E-state index in [1.807, 2.05) is 20.8 Å². The maximum absolute atomic E-state index is 11.9. The van der Waals surface area contributed by atoms with Crippen LogP contribution in [-0.2, 0) is 4.79 Å². The largest absolute Gasteiger partial charge is 0.495 e. The summed E-state index contributed by atoms with van der Waals surface area (Å²) in [6, 6.07) is 4.49. The number of nitrogens with two attached hydrogens (primary N) is 2. The molecule has 0 unspecified atom stereocenters. The fourth-order valence-electron chi connectivity index (χ4n) is 1.43. The molecule has 18 heavy (non-hydrogen) atoms. The second-order valence-electron chi connectivity index (χ2n) is 5.29. The molecule has 0 aliphatic rings. The second-order valence-corrected chi connectivity index (χ2v) is 5.29. The van der Waals surface area contributed by atoms with Gasteiger partial charge in [0.15, 0.2) is 0 Å². The predicted octanol–water partition coefficient (Wildman–Crippen LogP) is 1.59. The lowest BCUT2D eigenvalue weighted by molar-refractivity contribution is -0.119. The monoisotopic (exact) mass is 251 g/mol. The third kappa shape index (κ3) is 3.37. The quantitative estimate of drug-likeness (QED) is 0.711. The molecule has 1 amide bonds. The third-order valence-electron chi connectivity index (χ3n) is 2.71. The Kier molecular flexibility index (Phi) is 4.19. The van der Waals surface area contributed by atoms with Crippen molar-refractivity contribution in [1.82, 2.24) is 0 Å². The van der Waals surface area contributed by atoms with Gasteiger partial charge in [0.1, 0.15) is 5.75 Å². The molecule has 0 aliphatic carbocycles. The average molecular weight is 251 g/mol. The van der Waals surface area contributed by atoms with E-state index in [1.165, 1.54) is 0 Å². The topological polar surface area (TPSA) is 90.4 Å². The van der Waals surface area contributed by atoms with Crippen molar-refractivity contribution in [2.75, 3.05) is 18.2 Å². The van der Waals surface area contributed by atoms with E-state index in [1.54, 1.807) is 25.3 Å². The molecule has 5 N–H and O–H groups in total. The fourth-order valence-corrected chi connectivity index (χ4v) is 1.43. The number of methoxy groups -OCH3 is 1. The molecule has 1 aromatic carbocycles. The molecule has 1 atom stereocenters. The first-order chi connectivity index (χ1) is 8.25. The summed E-state index contributed by atoms with van der Waals surface area (Å²) in [5.41, 5.74) is 12.4. The Balaban J connectivity index is 2.80. The Bertz CT molecular complexity index is 438. The Labute approximate surface area is 107 Å². The zero-order valence-electron chi connectivity index (χ0n) is 11.3. The van der Waals surface area contributed by atoms with Crippen LogP contribution in [0.4, 0.5) is 11.4 Å². The average Bonchev–Trinajstić information content (AvgIpc) is 2.27. The number of hydrogen-bond donors (Lipinski definition) is 3. The summed E-state index contributed by atoms with van der Waals surface area (Å²) in [5.74, 6) is 0.347. The van der Waals surface area contributed by atoms with Gasteiger partial charge in [0.2, 0.25) is 5.91 Å². The molecule has 0 bridgehead atoms. The normalized spacial score (nSPS) is 12.9. The molecular formula is C13H21N3O2. The molecule has 0 saturated heterocycles. The molecule has 0 aliphatic heterocycles. The Morgan fingerprint density at radius 3 is 2.44 bits per heavy atom. The van der Waals surface area contributed by atoms with Crippen molar-refractivity contribution in [3.63, 3.8) is 0 Å². The van der Waals surface area contributed by atoms with Crippen LogP contribution < -0.4 is 21.5 Å². The Hall–Kier alpha value is -1.75. The van der Waals surface area contributed by atoms with Crippen LogP contribution >= 0.6 is 0 Å². The minimum atomic E-state index is -0.583. The van der Waals surface area contributed by atoms with Gasteiger partial charge < -0.3 is 21.5 Å². The van der Waals surface area contributed by atoms with Crippen LogP contribution in [0, 0.1) is 5.41 Å². The van der Waals surface area contributed by atoms with E-state index in [2.05, 4.69) is 5.32 Å². The summed E-state index contributed by atoms with van der Waals surface area (Å²) in [4.78, 5) is 11.9. The summed E-state index contributed by atoms with van der Waals surface area (Å²) in [6.45, 7) is 5.75. The van der Waals surface area contributed by atoms with Crippen LogP contribution in [0.2, 0.25) is 0 Å². The van der Waals surface area contributed by atoms with Gasteiger partial charge in [-0.3, -0.25) is 4.79 Å². The molecule has 0 fully saturated rings. The van der Waals surface area contributed by atoms with E-state index in [0.717, 1.165) is 0 Å². The number of rotatable bonds is 3. The van der Waals surface area contributed by atoms with E-state index in [0.29, 0.717) is 17.1 Å². The predicted molar refractivity (Wildman–Crippen MR) is 73.5 cm³/mol. The number of hydrogen-bond acceptors (Lipinski definition) is 4. The number of ether oxygens (including phenoxy) is 1. The molecule has 1 rings (SSSR count). The van der Waals surface area contributed by atoms with Crippen molar-refractivity contribution in [2.24, 2.45) is 11.1 Å². The van der Waals surface area contributed by atoms with Crippen LogP contribution in [0.3, 0.4) is 0 Å². The second kappa shape index (κ2) is 5.27. The van der Waals surface area contributed by atoms with E-state index >= 15 is 0 Å². The lowest BCUT2D eigenvalue weighted by Gasteiger charge is -2.25. The van der Waals surface area contributed by atoms with Crippen LogP contribution in [0.25, 0.3) is 0 Å². The summed E-state index contributed by atoms with van der Waals surface area (Å²) < 4.78 is 5.04. The van der Waals surface area contributed by atoms with Gasteiger partial charge in [-0.2, -0.15) is 0 Å². The maximum Gasteiger partial charge on any atom is 0.241 e. The molecule has 0 spiro atoms. The zero-order chi connectivity index (χ0) is 13.9. The summed E-state index contributed by atoms with van der Waals surface area (Å²) in [5, 5.41) is 2.74. The number of anilines is 2. The Morgan fingerprint density at radius 2 is 2.00 bits per heavy atom. The number of nitrogen functional groups attached to an aromatic ring is 1. The van der Waals surface area contributed by atoms with Crippen LogP contribution in [-0.4, -0.2) is 19.1 Å². The van der Waals surface area contributed by atoms with E-state index < -0.39 is 6.04 Å². The first-order valence-electron chi connectivity index (χ1n) is 5.75. The summed E-state index contributed by atoms with van der Waals surface area (Å²) >= 11 is 0. The van der Waals surface area contributed by atoms with E-state index in [4.69, 9.17) is 16.2 Å². The molecule has 1 aromatic rings. The van der Waals surface area contributed by atoms with E-state index in [-0.39, 0.29) is 11.3 Å². The van der Waals surface area contributed by atoms with Crippen molar-refractivity contribution in [2.45, 2.75) is 26.8 Å². The van der Waals surface area contributed by atoms with Gasteiger partial charge in [-0.15, -0.1) is 0 Å². The highest BCUT2D eigenvalue weighted by Crippen LogP contribution is 2.25. The summed E-state index contributed by atoms with van der Waals surface area (Å²) in [7, 11) is 1.54. The van der Waals surface area contributed by atoms with Gasteiger partial charge in [-0.05, 0) is 23.6 Å². The fraction of sp³-hybridized carbons (Fsp3) is 0.462. The number of carbonyl (C=O) groups excluding carboxylic acids is 1. The van der Waals surface area contributed by atoms with Gasteiger partial charge in [-0.25, -0.2) is 0 Å². The highest BCUT2D eigenvalue weighted by atomic mass is 16.5. The Morgan fingerprint density at radius 1 is 1.39 bits per heavy atom. The van der Waals surface area contributed by atoms with Crippen molar-refractivity contribution in [1.29, 1.82) is 0 Å². The van der Waals surface area contributed by atoms with E-state index in [9.17, 15) is 4.79 Å². The van der Waals surface area contributed by atoms with Crippen LogP contribution in [0.1, 0.15) is 20.8 Å². The smallest absolute Gasteiger partial charge is 0.241 e. The molecule has 0 aromatic heterocycles. The van der Waals surface area contributed by atoms with Crippen LogP contribution in [0.5, 0.6) is 5.75 Å². The molecule has 5 nitrogen and oxygen atoms in total. The minimum Gasteiger partial charge on any atom is -0.495 e. The van der Waals surface area contributed by atoms with Gasteiger partial charge in [-0.1, -0.05) is 20.8 Å². The molecule has 0 radical (unpaired) electrons. The highest BCUT2D eigenvalue weighted by molar-refractivity contribution is 5.95. The van der Waals surface area contributed by atoms with Crippen molar-refractivity contribution in [3.8, 4) is 5.75 Å². The molecule has 0 saturated carbocycles. The maximum atomic E-state index is 11.9. The van der Waals surface area contributed by atoms with Crippen molar-refractivity contribution in [3.05, 3.63) is 18.2 Å².